The molecule has 1 aromatic carbocycles. The third kappa shape index (κ3) is 3.77. The third-order valence-electron chi connectivity index (χ3n) is 1.95. The zero-order valence-electron chi connectivity index (χ0n) is 8.66. The second-order valence-corrected chi connectivity index (χ2v) is 3.36. The highest BCUT2D eigenvalue weighted by Crippen LogP contribution is 2.08. The quantitative estimate of drug-likeness (QED) is 0.746. The Morgan fingerprint density at radius 1 is 1.36 bits per heavy atom. The Bertz CT molecular complexity index is 258. The fourth-order valence-electron chi connectivity index (χ4n) is 1.16. The molecule has 1 rings (SSSR count). The summed E-state index contributed by atoms with van der Waals surface area (Å²) in [7, 11) is 1.58. The lowest BCUT2D eigenvalue weighted by atomic mass is 10.2. The summed E-state index contributed by atoms with van der Waals surface area (Å²) < 4.78 is 4.82. The van der Waals surface area contributed by atoms with Gasteiger partial charge in [0.2, 0.25) is 0 Å². The molecule has 1 atom stereocenters. The predicted molar refractivity (Wildman–Crippen MR) is 57.6 cm³/mol. The van der Waals surface area contributed by atoms with Crippen molar-refractivity contribution >= 4 is 5.69 Å². The molecule has 14 heavy (non-hydrogen) atoms. The number of aliphatic hydroxyl groups excluding tert-OH is 1. The fraction of sp³-hybridized carbons (Fsp3) is 0.455. The van der Waals surface area contributed by atoms with Crippen molar-refractivity contribution < 1.29 is 9.84 Å². The van der Waals surface area contributed by atoms with E-state index in [0.717, 1.165) is 5.69 Å². The minimum Gasteiger partial charge on any atom is -0.389 e. The molecule has 3 nitrogen and oxygen atoms in total. The van der Waals surface area contributed by atoms with Crippen molar-refractivity contribution in [2.24, 2.45) is 0 Å². The van der Waals surface area contributed by atoms with E-state index >= 15 is 0 Å². The highest BCUT2D eigenvalue weighted by molar-refractivity contribution is 5.44. The van der Waals surface area contributed by atoms with Gasteiger partial charge in [0.1, 0.15) is 0 Å². The molecule has 0 aliphatic heterocycles. The number of aliphatic hydroxyl groups is 1. The number of benzene rings is 1. The van der Waals surface area contributed by atoms with Crippen molar-refractivity contribution in [3.63, 3.8) is 0 Å². The molecule has 0 radical (unpaired) electrons. The van der Waals surface area contributed by atoms with Crippen LogP contribution in [0.25, 0.3) is 0 Å². The summed E-state index contributed by atoms with van der Waals surface area (Å²) in [5.41, 5.74) is 2.25. The zero-order valence-corrected chi connectivity index (χ0v) is 8.66. The van der Waals surface area contributed by atoms with Crippen LogP contribution in [0.4, 0.5) is 5.69 Å². The van der Waals surface area contributed by atoms with Crippen molar-refractivity contribution in [1.29, 1.82) is 0 Å². The highest BCUT2D eigenvalue weighted by Gasteiger charge is 2.01. The Kier molecular flexibility index (Phi) is 4.43. The van der Waals surface area contributed by atoms with Gasteiger partial charge < -0.3 is 15.2 Å². The number of methoxy groups -OCH3 is 1. The molecule has 0 saturated heterocycles. The number of rotatable bonds is 5. The van der Waals surface area contributed by atoms with Crippen molar-refractivity contribution in [1.82, 2.24) is 0 Å². The Labute approximate surface area is 84.7 Å². The maximum atomic E-state index is 9.38. The molecular formula is C11H17NO2. The monoisotopic (exact) mass is 195 g/mol. The Morgan fingerprint density at radius 3 is 2.57 bits per heavy atom. The zero-order chi connectivity index (χ0) is 10.4. The average molecular weight is 195 g/mol. The van der Waals surface area contributed by atoms with Crippen LogP contribution in [0.3, 0.4) is 0 Å². The molecule has 1 aromatic rings. The van der Waals surface area contributed by atoms with Crippen molar-refractivity contribution in [2.75, 3.05) is 25.6 Å². The largest absolute Gasteiger partial charge is 0.389 e. The van der Waals surface area contributed by atoms with Crippen molar-refractivity contribution in [3.05, 3.63) is 29.8 Å². The van der Waals surface area contributed by atoms with E-state index in [-0.39, 0.29) is 0 Å². The molecule has 0 spiro atoms. The van der Waals surface area contributed by atoms with Gasteiger partial charge in [0.15, 0.2) is 0 Å². The van der Waals surface area contributed by atoms with E-state index in [0.29, 0.717) is 13.2 Å². The van der Waals surface area contributed by atoms with Gasteiger partial charge in [-0.15, -0.1) is 0 Å². The fourth-order valence-corrected chi connectivity index (χ4v) is 1.16. The molecule has 78 valence electrons. The van der Waals surface area contributed by atoms with Crippen LogP contribution in [0.1, 0.15) is 5.56 Å². The lowest BCUT2D eigenvalue weighted by Crippen LogP contribution is -2.24. The lowest BCUT2D eigenvalue weighted by Gasteiger charge is -2.11. The van der Waals surface area contributed by atoms with Gasteiger partial charge in [-0.2, -0.15) is 0 Å². The second-order valence-electron chi connectivity index (χ2n) is 3.36. The van der Waals surface area contributed by atoms with E-state index in [9.17, 15) is 5.11 Å². The van der Waals surface area contributed by atoms with Crippen LogP contribution in [-0.2, 0) is 4.74 Å². The van der Waals surface area contributed by atoms with Crippen LogP contribution >= 0.6 is 0 Å². The summed E-state index contributed by atoms with van der Waals surface area (Å²) >= 11 is 0. The maximum absolute atomic E-state index is 9.38. The average Bonchev–Trinajstić information content (AvgIpc) is 2.17. The van der Waals surface area contributed by atoms with Crippen LogP contribution < -0.4 is 5.32 Å². The summed E-state index contributed by atoms with van der Waals surface area (Å²) in [6, 6.07) is 8.06. The van der Waals surface area contributed by atoms with Gasteiger partial charge in [-0.25, -0.2) is 0 Å². The minimum atomic E-state index is -0.457. The smallest absolute Gasteiger partial charge is 0.0945 e. The molecule has 0 amide bonds. The first-order valence-corrected chi connectivity index (χ1v) is 4.70. The number of aryl methyl sites for hydroxylation is 1. The van der Waals surface area contributed by atoms with E-state index < -0.39 is 6.10 Å². The summed E-state index contributed by atoms with van der Waals surface area (Å²) in [5.74, 6) is 0. The molecule has 0 fully saturated rings. The van der Waals surface area contributed by atoms with Gasteiger partial charge in [-0.3, -0.25) is 0 Å². The van der Waals surface area contributed by atoms with E-state index in [1.54, 1.807) is 7.11 Å². The number of ether oxygens (including phenoxy) is 1. The normalized spacial score (nSPS) is 12.5. The van der Waals surface area contributed by atoms with Gasteiger partial charge in [0.25, 0.3) is 0 Å². The topological polar surface area (TPSA) is 41.5 Å². The molecule has 0 heterocycles. The summed E-state index contributed by atoms with van der Waals surface area (Å²) in [5, 5.41) is 12.5. The van der Waals surface area contributed by atoms with Crippen LogP contribution in [0, 0.1) is 6.92 Å². The molecule has 0 bridgehead atoms. The first-order chi connectivity index (χ1) is 6.72. The highest BCUT2D eigenvalue weighted by atomic mass is 16.5. The third-order valence-corrected chi connectivity index (χ3v) is 1.95. The van der Waals surface area contributed by atoms with Crippen molar-refractivity contribution in [3.8, 4) is 0 Å². The minimum absolute atomic E-state index is 0.360. The molecule has 3 heteroatoms. The summed E-state index contributed by atoms with van der Waals surface area (Å²) in [6.07, 6.45) is -0.457. The number of hydrogen-bond donors (Lipinski definition) is 2. The van der Waals surface area contributed by atoms with Crippen LogP contribution in [0.15, 0.2) is 24.3 Å². The van der Waals surface area contributed by atoms with Gasteiger partial charge >= 0.3 is 0 Å². The van der Waals surface area contributed by atoms with Gasteiger partial charge in [-0.05, 0) is 19.1 Å². The summed E-state index contributed by atoms with van der Waals surface area (Å²) in [6.45, 7) is 2.92. The Morgan fingerprint density at radius 2 is 2.00 bits per heavy atom. The molecule has 0 unspecified atom stereocenters. The van der Waals surface area contributed by atoms with Gasteiger partial charge in [0.05, 0.1) is 12.7 Å². The van der Waals surface area contributed by atoms with Gasteiger partial charge in [-0.1, -0.05) is 17.7 Å². The SMILES string of the molecule is COC[C@@H](O)CNc1ccc(C)cc1. The first-order valence-electron chi connectivity index (χ1n) is 4.70. The standard InChI is InChI=1S/C11H17NO2/c1-9-3-5-10(6-4-9)12-7-11(13)8-14-2/h3-6,11-13H,7-8H2,1-2H3/t11-/m0/s1. The number of hydrogen-bond acceptors (Lipinski definition) is 3. The molecule has 0 aliphatic rings. The summed E-state index contributed by atoms with van der Waals surface area (Å²) in [4.78, 5) is 0. The number of anilines is 1. The number of nitrogens with one attached hydrogen (secondary N) is 1. The van der Waals surface area contributed by atoms with Crippen molar-refractivity contribution in [2.45, 2.75) is 13.0 Å². The Hall–Kier alpha value is -1.06. The van der Waals surface area contributed by atoms with E-state index in [1.807, 2.05) is 31.2 Å². The lowest BCUT2D eigenvalue weighted by molar-refractivity contribution is 0.0727. The van der Waals surface area contributed by atoms with E-state index in [2.05, 4.69) is 5.32 Å². The molecule has 2 N–H and O–H groups in total. The van der Waals surface area contributed by atoms with Gasteiger partial charge in [0, 0.05) is 19.3 Å². The molecular weight excluding hydrogens is 178 g/mol. The molecule has 0 aromatic heterocycles. The molecule has 0 aliphatic carbocycles. The van der Waals surface area contributed by atoms with E-state index in [4.69, 9.17) is 4.74 Å². The van der Waals surface area contributed by atoms with Crippen LogP contribution in [0.2, 0.25) is 0 Å². The Balaban J connectivity index is 2.34. The first kappa shape index (κ1) is 11.0. The second kappa shape index (κ2) is 5.62. The van der Waals surface area contributed by atoms with Crippen LogP contribution in [0.5, 0.6) is 0 Å². The van der Waals surface area contributed by atoms with Crippen LogP contribution in [-0.4, -0.2) is 31.5 Å². The molecule has 0 saturated carbocycles. The van der Waals surface area contributed by atoms with E-state index in [1.165, 1.54) is 5.56 Å². The maximum Gasteiger partial charge on any atom is 0.0945 e. The predicted octanol–water partition coefficient (Wildman–Crippen LogP) is 1.41.